The highest BCUT2D eigenvalue weighted by molar-refractivity contribution is 5.94. The lowest BCUT2D eigenvalue weighted by atomic mass is 10.1. The molecule has 0 unspecified atom stereocenters. The number of unbranched alkanes of at least 4 members (excludes halogenated alkanes) is 1. The van der Waals surface area contributed by atoms with E-state index in [4.69, 9.17) is 4.74 Å². The van der Waals surface area contributed by atoms with Crippen LogP contribution in [-0.2, 0) is 19.1 Å². The van der Waals surface area contributed by atoms with Crippen LogP contribution in [0.15, 0.2) is 72.8 Å². The summed E-state index contributed by atoms with van der Waals surface area (Å²) in [5.74, 6) is -0.981. The van der Waals surface area contributed by atoms with E-state index in [-0.39, 0.29) is 18.4 Å². The van der Waals surface area contributed by atoms with E-state index in [1.165, 1.54) is 12.2 Å². The Morgan fingerprint density at radius 1 is 0.844 bits per heavy atom. The van der Waals surface area contributed by atoms with Crippen molar-refractivity contribution in [3.63, 3.8) is 0 Å². The standard InChI is InChI=1S/C26H30N2O4/c1-2-32-26(31)23(28-25(30)19-17-22-13-7-4-8-14-22)15-9-10-20-27-24(29)18-16-21-11-5-3-6-12-21/h3-8,11-14,16-19,23H,2,9-10,15,20H2,1H3,(H,27,29)(H,28,30)/t23-/m0/s1. The van der Waals surface area contributed by atoms with E-state index in [1.54, 1.807) is 19.1 Å². The molecule has 168 valence electrons. The van der Waals surface area contributed by atoms with Crippen LogP contribution >= 0.6 is 0 Å². The Hall–Kier alpha value is -3.67. The molecule has 6 nitrogen and oxygen atoms in total. The van der Waals surface area contributed by atoms with E-state index < -0.39 is 12.0 Å². The normalized spacial score (nSPS) is 11.9. The molecule has 6 heteroatoms. The van der Waals surface area contributed by atoms with Crippen molar-refractivity contribution in [3.05, 3.63) is 83.9 Å². The van der Waals surface area contributed by atoms with Crippen LogP contribution in [0.2, 0.25) is 0 Å². The highest BCUT2D eigenvalue weighted by Crippen LogP contribution is 2.05. The van der Waals surface area contributed by atoms with Gasteiger partial charge in [-0.25, -0.2) is 4.79 Å². The molecule has 0 radical (unpaired) electrons. The van der Waals surface area contributed by atoms with Gasteiger partial charge in [-0.3, -0.25) is 9.59 Å². The Morgan fingerprint density at radius 3 is 1.97 bits per heavy atom. The van der Waals surface area contributed by atoms with Gasteiger partial charge in [0.1, 0.15) is 6.04 Å². The molecule has 0 saturated heterocycles. The molecule has 2 aromatic carbocycles. The van der Waals surface area contributed by atoms with Crippen molar-refractivity contribution in [2.24, 2.45) is 0 Å². The second-order valence-corrected chi connectivity index (χ2v) is 7.09. The number of nitrogens with one attached hydrogen (secondary N) is 2. The monoisotopic (exact) mass is 434 g/mol. The summed E-state index contributed by atoms with van der Waals surface area (Å²) in [5, 5.41) is 5.53. The molecule has 0 aliphatic carbocycles. The minimum atomic E-state index is -0.725. The molecule has 2 aromatic rings. The van der Waals surface area contributed by atoms with Crippen LogP contribution in [-0.4, -0.2) is 37.0 Å². The molecule has 2 amide bonds. The molecule has 0 bridgehead atoms. The maximum Gasteiger partial charge on any atom is 0.328 e. The number of esters is 1. The average Bonchev–Trinajstić information content (AvgIpc) is 2.82. The Kier molecular flexibility index (Phi) is 11.0. The molecule has 1 atom stereocenters. The minimum Gasteiger partial charge on any atom is -0.464 e. The van der Waals surface area contributed by atoms with E-state index in [0.29, 0.717) is 25.8 Å². The van der Waals surface area contributed by atoms with Crippen molar-refractivity contribution >= 4 is 29.9 Å². The Morgan fingerprint density at radius 2 is 1.41 bits per heavy atom. The van der Waals surface area contributed by atoms with Gasteiger partial charge in [0.05, 0.1) is 6.61 Å². The Labute approximate surface area is 189 Å². The van der Waals surface area contributed by atoms with Gasteiger partial charge in [0.2, 0.25) is 11.8 Å². The fourth-order valence-corrected chi connectivity index (χ4v) is 2.93. The Bertz CT molecular complexity index is 908. The van der Waals surface area contributed by atoms with Gasteiger partial charge in [0.15, 0.2) is 0 Å². The molecule has 0 fully saturated rings. The predicted octanol–water partition coefficient (Wildman–Crippen LogP) is 3.75. The minimum absolute atomic E-state index is 0.171. The van der Waals surface area contributed by atoms with Gasteiger partial charge in [-0.15, -0.1) is 0 Å². The number of carbonyl (C=O) groups is 3. The van der Waals surface area contributed by atoms with Crippen molar-refractivity contribution < 1.29 is 19.1 Å². The van der Waals surface area contributed by atoms with Crippen molar-refractivity contribution in [1.82, 2.24) is 10.6 Å². The summed E-state index contributed by atoms with van der Waals surface area (Å²) in [5.41, 5.74) is 1.85. The second kappa shape index (κ2) is 14.4. The lowest BCUT2D eigenvalue weighted by Crippen LogP contribution is -2.41. The van der Waals surface area contributed by atoms with Gasteiger partial charge in [-0.2, -0.15) is 0 Å². The van der Waals surface area contributed by atoms with Crippen molar-refractivity contribution in [3.8, 4) is 0 Å². The summed E-state index contributed by atoms with van der Waals surface area (Å²) in [7, 11) is 0. The predicted molar refractivity (Wildman–Crippen MR) is 126 cm³/mol. The number of rotatable bonds is 12. The maximum absolute atomic E-state index is 12.2. The number of hydrogen-bond acceptors (Lipinski definition) is 4. The molecular weight excluding hydrogens is 404 g/mol. The quantitative estimate of drug-likeness (QED) is 0.303. The van der Waals surface area contributed by atoms with Crippen LogP contribution in [0.1, 0.15) is 37.3 Å². The van der Waals surface area contributed by atoms with Gasteiger partial charge in [-0.1, -0.05) is 60.7 Å². The summed E-state index contributed by atoms with van der Waals surface area (Å²) in [4.78, 5) is 36.3. The first kappa shape index (κ1) is 24.6. The fourth-order valence-electron chi connectivity index (χ4n) is 2.93. The summed E-state index contributed by atoms with van der Waals surface area (Å²) in [6.07, 6.45) is 8.10. The van der Waals surface area contributed by atoms with Gasteiger partial charge >= 0.3 is 5.97 Å². The number of amides is 2. The molecule has 2 N–H and O–H groups in total. The number of carbonyl (C=O) groups excluding carboxylic acids is 3. The average molecular weight is 435 g/mol. The van der Waals surface area contributed by atoms with E-state index in [1.807, 2.05) is 60.7 Å². The first-order valence-electron chi connectivity index (χ1n) is 10.8. The topological polar surface area (TPSA) is 84.5 Å². The molecule has 0 aliphatic rings. The van der Waals surface area contributed by atoms with Gasteiger partial charge in [0, 0.05) is 18.7 Å². The third-order valence-electron chi connectivity index (χ3n) is 4.56. The zero-order valence-electron chi connectivity index (χ0n) is 18.3. The fraction of sp³-hybridized carbons (Fsp3) is 0.269. The third kappa shape index (κ3) is 9.89. The summed E-state index contributed by atoms with van der Waals surface area (Å²) >= 11 is 0. The van der Waals surface area contributed by atoms with Crippen LogP contribution in [0.5, 0.6) is 0 Å². The van der Waals surface area contributed by atoms with Gasteiger partial charge < -0.3 is 15.4 Å². The summed E-state index contributed by atoms with van der Waals surface area (Å²) < 4.78 is 5.08. The summed E-state index contributed by atoms with van der Waals surface area (Å²) in [6.45, 7) is 2.45. The van der Waals surface area contributed by atoms with E-state index in [0.717, 1.165) is 11.1 Å². The smallest absolute Gasteiger partial charge is 0.328 e. The van der Waals surface area contributed by atoms with E-state index in [9.17, 15) is 14.4 Å². The lowest BCUT2D eigenvalue weighted by molar-refractivity contribution is -0.147. The van der Waals surface area contributed by atoms with Gasteiger partial charge in [-0.05, 0) is 49.5 Å². The first-order chi connectivity index (χ1) is 15.6. The van der Waals surface area contributed by atoms with Crippen LogP contribution in [0.4, 0.5) is 0 Å². The van der Waals surface area contributed by atoms with E-state index in [2.05, 4.69) is 10.6 Å². The van der Waals surface area contributed by atoms with Crippen LogP contribution in [0.3, 0.4) is 0 Å². The largest absolute Gasteiger partial charge is 0.464 e. The van der Waals surface area contributed by atoms with Crippen molar-refractivity contribution in [1.29, 1.82) is 0 Å². The molecule has 0 heterocycles. The first-order valence-corrected chi connectivity index (χ1v) is 10.8. The van der Waals surface area contributed by atoms with Crippen molar-refractivity contribution in [2.45, 2.75) is 32.2 Å². The SMILES string of the molecule is CCOC(=O)[C@H](CCCCNC(=O)C=Cc1ccccc1)NC(=O)C=Cc1ccccc1. The van der Waals surface area contributed by atoms with Gasteiger partial charge in [0.25, 0.3) is 0 Å². The van der Waals surface area contributed by atoms with Crippen LogP contribution < -0.4 is 10.6 Å². The van der Waals surface area contributed by atoms with Crippen LogP contribution in [0, 0.1) is 0 Å². The molecular formula is C26H30N2O4. The number of ether oxygens (including phenoxy) is 1. The number of benzene rings is 2. The highest BCUT2D eigenvalue weighted by atomic mass is 16.5. The van der Waals surface area contributed by atoms with E-state index >= 15 is 0 Å². The molecule has 32 heavy (non-hydrogen) atoms. The zero-order valence-corrected chi connectivity index (χ0v) is 18.3. The zero-order chi connectivity index (χ0) is 23.0. The number of hydrogen-bond donors (Lipinski definition) is 2. The lowest BCUT2D eigenvalue weighted by Gasteiger charge is -2.16. The molecule has 0 aliphatic heterocycles. The molecule has 2 rings (SSSR count). The molecule has 0 aromatic heterocycles. The molecule has 0 spiro atoms. The second-order valence-electron chi connectivity index (χ2n) is 7.09. The van der Waals surface area contributed by atoms with Crippen molar-refractivity contribution in [2.75, 3.05) is 13.2 Å². The Balaban J connectivity index is 1.75. The molecule has 0 saturated carbocycles. The summed E-state index contributed by atoms with van der Waals surface area (Å²) in [6, 6.07) is 18.3. The third-order valence-corrected chi connectivity index (χ3v) is 4.56. The van der Waals surface area contributed by atoms with Crippen LogP contribution in [0.25, 0.3) is 12.2 Å². The highest BCUT2D eigenvalue weighted by Gasteiger charge is 2.20. The maximum atomic E-state index is 12.2.